The second kappa shape index (κ2) is 11.6. The first-order valence-electron chi connectivity index (χ1n) is 8.55. The Morgan fingerprint density at radius 2 is 1.68 bits per heavy atom. The van der Waals surface area contributed by atoms with Gasteiger partial charge in [0.05, 0.1) is 13.2 Å². The Bertz CT molecular complexity index is 446. The summed E-state index contributed by atoms with van der Waals surface area (Å²) in [6.45, 7) is 10.6. The van der Waals surface area contributed by atoms with Crippen molar-refractivity contribution in [2.75, 3.05) is 19.8 Å². The minimum absolute atomic E-state index is 0.0134. The lowest BCUT2D eigenvalue weighted by Crippen LogP contribution is -2.29. The van der Waals surface area contributed by atoms with Crippen molar-refractivity contribution in [2.45, 2.75) is 52.9 Å². The minimum Gasteiger partial charge on any atom is -0.330 e. The zero-order chi connectivity index (χ0) is 19.5. The number of hydrogen-bond donors (Lipinski definition) is 1. The van der Waals surface area contributed by atoms with Crippen LogP contribution in [0.5, 0.6) is 0 Å². The lowest BCUT2D eigenvalue weighted by molar-refractivity contribution is -0.759. The molecular weight excluding hydrogens is 330 g/mol. The summed E-state index contributed by atoms with van der Waals surface area (Å²) >= 11 is 0. The van der Waals surface area contributed by atoms with Crippen molar-refractivity contribution in [3.05, 3.63) is 32.4 Å². The van der Waals surface area contributed by atoms with Crippen molar-refractivity contribution in [1.82, 2.24) is 0 Å². The third-order valence-electron chi connectivity index (χ3n) is 4.40. The summed E-state index contributed by atoms with van der Waals surface area (Å²) in [7, 11) is 0. The Labute approximate surface area is 148 Å². The van der Waals surface area contributed by atoms with Crippen LogP contribution in [0.15, 0.2) is 12.2 Å². The normalized spacial score (nSPS) is 15.7. The molecule has 0 bridgehead atoms. The van der Waals surface area contributed by atoms with Gasteiger partial charge in [0.25, 0.3) is 10.2 Å². The molecule has 0 fully saturated rings. The zero-order valence-corrected chi connectivity index (χ0v) is 15.4. The van der Waals surface area contributed by atoms with Gasteiger partial charge in [0.1, 0.15) is 0 Å². The number of nitrogens with zero attached hydrogens (tertiary/aromatic N) is 2. The number of allylic oxidation sites excluding steroid dienone is 1. The van der Waals surface area contributed by atoms with E-state index >= 15 is 0 Å². The SMILES string of the molecule is C=C(CC(C)CO[N+](=O)[O-])CC(CC)(CCN)CC(C)CO[N+](=O)[O-]. The molecule has 0 saturated carbocycles. The van der Waals surface area contributed by atoms with Crippen LogP contribution in [-0.4, -0.2) is 29.9 Å². The molecule has 3 unspecified atom stereocenters. The lowest BCUT2D eigenvalue weighted by atomic mass is 9.70. The van der Waals surface area contributed by atoms with Gasteiger partial charge in [0.15, 0.2) is 0 Å². The highest BCUT2D eigenvalue weighted by atomic mass is 17.0. The van der Waals surface area contributed by atoms with Gasteiger partial charge in [0.2, 0.25) is 0 Å². The van der Waals surface area contributed by atoms with Crippen molar-refractivity contribution in [3.8, 4) is 0 Å². The van der Waals surface area contributed by atoms with Crippen molar-refractivity contribution >= 4 is 0 Å². The molecule has 0 heterocycles. The van der Waals surface area contributed by atoms with Gasteiger partial charge in [-0.15, -0.1) is 20.2 Å². The fourth-order valence-electron chi connectivity index (χ4n) is 3.34. The highest BCUT2D eigenvalue weighted by molar-refractivity contribution is 5.02. The fourth-order valence-corrected chi connectivity index (χ4v) is 3.34. The van der Waals surface area contributed by atoms with Crippen LogP contribution in [0.25, 0.3) is 0 Å². The van der Waals surface area contributed by atoms with Gasteiger partial charge in [-0.3, -0.25) is 0 Å². The molecule has 146 valence electrons. The molecule has 25 heavy (non-hydrogen) atoms. The van der Waals surface area contributed by atoms with Gasteiger partial charge in [0, 0.05) is 0 Å². The molecular formula is C16H31N3O6. The monoisotopic (exact) mass is 361 g/mol. The summed E-state index contributed by atoms with van der Waals surface area (Å²) in [4.78, 5) is 29.5. The van der Waals surface area contributed by atoms with E-state index in [4.69, 9.17) is 5.73 Å². The average molecular weight is 361 g/mol. The van der Waals surface area contributed by atoms with E-state index in [0.717, 1.165) is 31.3 Å². The summed E-state index contributed by atoms with van der Waals surface area (Å²) in [5.41, 5.74) is 6.66. The van der Waals surface area contributed by atoms with Crippen LogP contribution in [0.1, 0.15) is 52.9 Å². The minimum atomic E-state index is -0.791. The molecule has 0 aromatic heterocycles. The van der Waals surface area contributed by atoms with Crippen LogP contribution in [0.4, 0.5) is 0 Å². The largest absolute Gasteiger partial charge is 0.330 e. The molecule has 0 aromatic rings. The van der Waals surface area contributed by atoms with Gasteiger partial charge in [-0.1, -0.05) is 39.3 Å². The van der Waals surface area contributed by atoms with Gasteiger partial charge >= 0.3 is 0 Å². The Hall–Kier alpha value is -1.90. The summed E-state index contributed by atoms with van der Waals surface area (Å²) in [6, 6.07) is 0. The van der Waals surface area contributed by atoms with Crippen LogP contribution < -0.4 is 5.73 Å². The topological polar surface area (TPSA) is 131 Å². The molecule has 0 rings (SSSR count). The molecule has 0 aliphatic rings. The van der Waals surface area contributed by atoms with E-state index in [1.54, 1.807) is 0 Å². The molecule has 0 aliphatic carbocycles. The van der Waals surface area contributed by atoms with E-state index in [1.165, 1.54) is 0 Å². The van der Waals surface area contributed by atoms with Crippen LogP contribution in [-0.2, 0) is 9.68 Å². The molecule has 0 aromatic carbocycles. The number of hydrogen-bond acceptors (Lipinski definition) is 7. The first-order valence-corrected chi connectivity index (χ1v) is 8.55. The third-order valence-corrected chi connectivity index (χ3v) is 4.40. The highest BCUT2D eigenvalue weighted by Gasteiger charge is 2.30. The maximum Gasteiger partial charge on any atom is 0.294 e. The Balaban J connectivity index is 4.74. The van der Waals surface area contributed by atoms with Crippen molar-refractivity contribution in [3.63, 3.8) is 0 Å². The molecule has 0 spiro atoms. The predicted molar refractivity (Wildman–Crippen MR) is 93.6 cm³/mol. The van der Waals surface area contributed by atoms with Crippen LogP contribution in [0, 0.1) is 37.5 Å². The van der Waals surface area contributed by atoms with Crippen molar-refractivity contribution in [2.24, 2.45) is 23.0 Å². The summed E-state index contributed by atoms with van der Waals surface area (Å²) in [5.74, 6) is 0.000478. The second-order valence-corrected chi connectivity index (χ2v) is 6.98. The van der Waals surface area contributed by atoms with Gasteiger partial charge in [-0.25, -0.2) is 0 Å². The molecule has 0 saturated heterocycles. The van der Waals surface area contributed by atoms with Gasteiger partial charge in [-0.05, 0) is 49.5 Å². The smallest absolute Gasteiger partial charge is 0.294 e. The molecule has 2 N–H and O–H groups in total. The standard InChI is InChI=1S/C16H31N3O6/c1-5-16(6-7-17,10-15(4)12-25-19(22)23)9-13(2)8-14(3)11-24-18(20)21/h14-15H,2,5-12,17H2,1,3-4H3. The Kier molecular flexibility index (Phi) is 10.7. The lowest BCUT2D eigenvalue weighted by Gasteiger charge is -2.36. The number of nitrogens with two attached hydrogens (primary N) is 1. The van der Waals surface area contributed by atoms with E-state index in [0.29, 0.717) is 13.0 Å². The highest BCUT2D eigenvalue weighted by Crippen LogP contribution is 2.40. The number of rotatable bonds is 15. The van der Waals surface area contributed by atoms with Crippen LogP contribution in [0.2, 0.25) is 0 Å². The average Bonchev–Trinajstić information content (AvgIpc) is 2.50. The Morgan fingerprint density at radius 3 is 2.12 bits per heavy atom. The van der Waals surface area contributed by atoms with E-state index < -0.39 is 10.2 Å². The maximum atomic E-state index is 10.4. The van der Waals surface area contributed by atoms with E-state index in [9.17, 15) is 20.2 Å². The first kappa shape index (κ1) is 23.1. The quantitative estimate of drug-likeness (QED) is 0.269. The second-order valence-electron chi connectivity index (χ2n) is 6.98. The molecule has 0 radical (unpaired) electrons. The van der Waals surface area contributed by atoms with Crippen molar-refractivity contribution < 1.29 is 19.8 Å². The van der Waals surface area contributed by atoms with Crippen molar-refractivity contribution in [1.29, 1.82) is 0 Å². The van der Waals surface area contributed by atoms with Gasteiger partial charge < -0.3 is 15.4 Å². The van der Waals surface area contributed by atoms with E-state index in [1.807, 2.05) is 13.8 Å². The first-order chi connectivity index (χ1) is 11.6. The molecule has 9 nitrogen and oxygen atoms in total. The molecule has 3 atom stereocenters. The van der Waals surface area contributed by atoms with Gasteiger partial charge in [-0.2, -0.15) is 0 Å². The summed E-state index contributed by atoms with van der Waals surface area (Å²) in [6.07, 6.45) is 3.75. The molecule has 9 heteroatoms. The molecule has 0 amide bonds. The molecule has 0 aliphatic heterocycles. The van der Waals surface area contributed by atoms with E-state index in [2.05, 4.69) is 23.2 Å². The summed E-state index contributed by atoms with van der Waals surface area (Å²) < 4.78 is 0. The Morgan fingerprint density at radius 1 is 1.16 bits per heavy atom. The third kappa shape index (κ3) is 10.5. The van der Waals surface area contributed by atoms with Crippen LogP contribution >= 0.6 is 0 Å². The summed E-state index contributed by atoms with van der Waals surface area (Å²) in [5, 5.41) is 19.1. The maximum absolute atomic E-state index is 10.4. The van der Waals surface area contributed by atoms with E-state index in [-0.39, 0.29) is 30.5 Å². The fraction of sp³-hybridized carbons (Fsp3) is 0.875. The zero-order valence-electron chi connectivity index (χ0n) is 15.4. The predicted octanol–water partition coefficient (Wildman–Crippen LogP) is 3.15. The van der Waals surface area contributed by atoms with Crippen LogP contribution in [0.3, 0.4) is 0 Å².